The van der Waals surface area contributed by atoms with Crippen LogP contribution in [0.3, 0.4) is 0 Å². The van der Waals surface area contributed by atoms with Crippen molar-refractivity contribution in [1.29, 1.82) is 0 Å². The quantitative estimate of drug-likeness (QED) is 0.524. The topological polar surface area (TPSA) is 49.1 Å². The lowest BCUT2D eigenvalue weighted by Crippen LogP contribution is -2.28. The number of methoxy groups -OCH3 is 1. The molecule has 0 amide bonds. The molecule has 0 aliphatic carbocycles. The van der Waals surface area contributed by atoms with Crippen molar-refractivity contribution in [1.82, 2.24) is 4.98 Å². The summed E-state index contributed by atoms with van der Waals surface area (Å²) < 4.78 is 7.00. The number of nitrogens with zero attached hydrogens (tertiary/aromatic N) is 2. The molecule has 18 heavy (non-hydrogen) atoms. The van der Waals surface area contributed by atoms with E-state index in [0.717, 1.165) is 14.9 Å². The van der Waals surface area contributed by atoms with E-state index in [0.29, 0.717) is 16.5 Å². The van der Waals surface area contributed by atoms with E-state index in [1.54, 1.807) is 19.2 Å². The van der Waals surface area contributed by atoms with E-state index in [9.17, 15) is 5.21 Å². The number of pyridine rings is 1. The van der Waals surface area contributed by atoms with Gasteiger partial charge in [0.1, 0.15) is 5.75 Å². The second kappa shape index (κ2) is 4.27. The van der Waals surface area contributed by atoms with E-state index < -0.39 is 0 Å². The Labute approximate surface area is 108 Å². The van der Waals surface area contributed by atoms with Gasteiger partial charge >= 0.3 is 0 Å². The van der Waals surface area contributed by atoms with Crippen molar-refractivity contribution in [2.75, 3.05) is 7.11 Å². The lowest BCUT2D eigenvalue weighted by molar-refractivity contribution is -0.593. The minimum absolute atomic E-state index is 0.510. The van der Waals surface area contributed by atoms with E-state index in [4.69, 9.17) is 4.74 Å². The van der Waals surface area contributed by atoms with E-state index in [-0.39, 0.29) is 0 Å². The molecule has 3 aromatic rings. The Morgan fingerprint density at radius 2 is 2.11 bits per heavy atom. The molecule has 0 N–H and O–H groups in total. The van der Waals surface area contributed by atoms with Crippen molar-refractivity contribution in [3.63, 3.8) is 0 Å². The van der Waals surface area contributed by atoms with Crippen LogP contribution < -0.4 is 9.47 Å². The van der Waals surface area contributed by atoms with Crippen LogP contribution in [-0.2, 0) is 0 Å². The molecule has 0 saturated heterocycles. The predicted molar refractivity (Wildman–Crippen MR) is 70.6 cm³/mol. The van der Waals surface area contributed by atoms with Crippen molar-refractivity contribution in [2.45, 2.75) is 0 Å². The third kappa shape index (κ3) is 1.78. The van der Waals surface area contributed by atoms with Gasteiger partial charge in [-0.05, 0) is 12.1 Å². The number of hydrogen-bond acceptors (Lipinski definition) is 4. The maximum atomic E-state index is 11.8. The van der Waals surface area contributed by atoms with Crippen LogP contribution in [0.1, 0.15) is 0 Å². The van der Waals surface area contributed by atoms with Crippen molar-refractivity contribution >= 4 is 21.6 Å². The van der Waals surface area contributed by atoms with Crippen molar-refractivity contribution in [2.24, 2.45) is 0 Å². The Hall–Kier alpha value is -2.14. The van der Waals surface area contributed by atoms with Crippen LogP contribution in [0.15, 0.2) is 42.6 Å². The van der Waals surface area contributed by atoms with Crippen LogP contribution in [0.4, 0.5) is 0 Å². The molecule has 1 aromatic carbocycles. The number of benzene rings is 1. The maximum absolute atomic E-state index is 11.8. The van der Waals surface area contributed by atoms with Crippen molar-refractivity contribution in [3.05, 3.63) is 47.8 Å². The summed E-state index contributed by atoms with van der Waals surface area (Å²) in [5.41, 5.74) is 1.41. The van der Waals surface area contributed by atoms with Crippen LogP contribution >= 0.6 is 11.3 Å². The van der Waals surface area contributed by atoms with Gasteiger partial charge in [-0.2, -0.15) is 4.73 Å². The van der Waals surface area contributed by atoms with Crippen LogP contribution in [-0.4, -0.2) is 12.1 Å². The fourth-order valence-electron chi connectivity index (χ4n) is 1.73. The van der Waals surface area contributed by atoms with E-state index in [2.05, 4.69) is 4.98 Å². The molecule has 0 unspecified atom stereocenters. The molecule has 2 aromatic heterocycles. The van der Waals surface area contributed by atoms with Crippen molar-refractivity contribution in [3.8, 4) is 16.5 Å². The van der Waals surface area contributed by atoms with E-state index in [1.807, 2.05) is 24.3 Å². The molecule has 0 radical (unpaired) electrons. The number of aromatic nitrogens is 2. The standard InChI is InChI=1S/C13H10N2O2S/c1-17-9-6-7-15(16)11(8-9)13-14-10-4-2-3-5-12(10)18-13/h2-8H,1H3. The van der Waals surface area contributed by atoms with Crippen LogP contribution in [0, 0.1) is 5.21 Å². The number of fused-ring (bicyclic) bond motifs is 1. The fraction of sp³-hybridized carbons (Fsp3) is 0.0769. The van der Waals surface area contributed by atoms with Crippen LogP contribution in [0.25, 0.3) is 20.9 Å². The lowest BCUT2D eigenvalue weighted by atomic mass is 10.3. The molecule has 0 aliphatic rings. The van der Waals surface area contributed by atoms with Crippen LogP contribution in [0.5, 0.6) is 5.75 Å². The van der Waals surface area contributed by atoms with E-state index in [1.165, 1.54) is 17.5 Å². The Kier molecular flexibility index (Phi) is 2.60. The van der Waals surface area contributed by atoms with Gasteiger partial charge in [0.2, 0.25) is 0 Å². The highest BCUT2D eigenvalue weighted by atomic mass is 32.1. The molecule has 0 atom stereocenters. The first kappa shape index (κ1) is 11.0. The summed E-state index contributed by atoms with van der Waals surface area (Å²) in [6.07, 6.45) is 1.43. The van der Waals surface area contributed by atoms with Gasteiger partial charge in [-0.3, -0.25) is 0 Å². The molecule has 2 heterocycles. The maximum Gasteiger partial charge on any atom is 0.256 e. The lowest BCUT2D eigenvalue weighted by Gasteiger charge is -2.03. The summed E-state index contributed by atoms with van der Waals surface area (Å²) in [5.74, 6) is 0.649. The van der Waals surface area contributed by atoms with Gasteiger partial charge in [0.25, 0.3) is 5.69 Å². The molecule has 3 rings (SSSR count). The van der Waals surface area contributed by atoms with Gasteiger partial charge in [-0.15, -0.1) is 11.3 Å². The number of para-hydroxylation sites is 1. The van der Waals surface area contributed by atoms with Gasteiger partial charge in [0.05, 0.1) is 23.4 Å². The molecule has 0 bridgehead atoms. The van der Waals surface area contributed by atoms with Gasteiger partial charge in [0, 0.05) is 6.07 Å². The Morgan fingerprint density at radius 3 is 2.89 bits per heavy atom. The van der Waals surface area contributed by atoms with Gasteiger partial charge in [-0.1, -0.05) is 12.1 Å². The fourth-order valence-corrected chi connectivity index (χ4v) is 2.70. The SMILES string of the molecule is COc1cc[n+]([O-])c(-c2nc3ccccc3s2)c1. The number of thiazole rings is 1. The molecular formula is C13H10N2O2S. The smallest absolute Gasteiger partial charge is 0.256 e. The van der Waals surface area contributed by atoms with Gasteiger partial charge in [0.15, 0.2) is 11.2 Å². The number of rotatable bonds is 2. The first-order valence-corrected chi connectivity index (χ1v) is 6.23. The van der Waals surface area contributed by atoms with E-state index >= 15 is 0 Å². The summed E-state index contributed by atoms with van der Waals surface area (Å²) >= 11 is 1.50. The molecule has 0 saturated carbocycles. The summed E-state index contributed by atoms with van der Waals surface area (Å²) in [5, 5.41) is 12.5. The highest BCUT2D eigenvalue weighted by Crippen LogP contribution is 2.29. The highest BCUT2D eigenvalue weighted by molar-refractivity contribution is 7.21. The predicted octanol–water partition coefficient (Wildman–Crippen LogP) is 2.61. The zero-order valence-electron chi connectivity index (χ0n) is 9.66. The normalized spacial score (nSPS) is 10.7. The van der Waals surface area contributed by atoms with Gasteiger partial charge < -0.3 is 9.94 Å². The zero-order chi connectivity index (χ0) is 12.5. The Balaban J connectivity index is 2.19. The molecule has 4 nitrogen and oxygen atoms in total. The Bertz CT molecular complexity index is 676. The summed E-state index contributed by atoms with van der Waals surface area (Å²) in [6.45, 7) is 0. The second-order valence-electron chi connectivity index (χ2n) is 3.76. The summed E-state index contributed by atoms with van der Waals surface area (Å²) in [7, 11) is 1.58. The molecule has 90 valence electrons. The van der Waals surface area contributed by atoms with Crippen LogP contribution in [0.2, 0.25) is 0 Å². The molecule has 5 heteroatoms. The van der Waals surface area contributed by atoms with Gasteiger partial charge in [-0.25, -0.2) is 4.98 Å². The average molecular weight is 258 g/mol. The number of hydrogen-bond donors (Lipinski definition) is 0. The molecule has 0 spiro atoms. The average Bonchev–Trinajstić information content (AvgIpc) is 2.82. The second-order valence-corrected chi connectivity index (χ2v) is 4.79. The first-order valence-electron chi connectivity index (χ1n) is 5.41. The highest BCUT2D eigenvalue weighted by Gasteiger charge is 2.15. The largest absolute Gasteiger partial charge is 0.618 e. The third-order valence-electron chi connectivity index (χ3n) is 2.64. The minimum atomic E-state index is 0.510. The number of ether oxygens (including phenoxy) is 1. The van der Waals surface area contributed by atoms with Crippen molar-refractivity contribution < 1.29 is 9.47 Å². The first-order chi connectivity index (χ1) is 8.78. The summed E-state index contributed by atoms with van der Waals surface area (Å²) in [4.78, 5) is 4.46. The molecule has 0 aliphatic heterocycles. The molecular weight excluding hydrogens is 248 g/mol. The minimum Gasteiger partial charge on any atom is -0.618 e. The molecule has 0 fully saturated rings. The summed E-state index contributed by atoms with van der Waals surface area (Å²) in [6, 6.07) is 11.1. The monoisotopic (exact) mass is 258 g/mol. The third-order valence-corrected chi connectivity index (χ3v) is 3.70. The Morgan fingerprint density at radius 1 is 1.28 bits per heavy atom. The zero-order valence-corrected chi connectivity index (χ0v) is 10.5.